The van der Waals surface area contributed by atoms with Crippen LogP contribution in [0.5, 0.6) is 0 Å². The fourth-order valence-electron chi connectivity index (χ4n) is 4.18. The number of piperazine rings is 1. The molecule has 4 heterocycles. The van der Waals surface area contributed by atoms with Crippen molar-refractivity contribution in [3.05, 3.63) is 22.5 Å². The summed E-state index contributed by atoms with van der Waals surface area (Å²) in [7, 11) is 0. The second-order valence-electron chi connectivity index (χ2n) is 8.09. The second kappa shape index (κ2) is 6.93. The molecule has 0 unspecified atom stereocenters. The summed E-state index contributed by atoms with van der Waals surface area (Å²) in [5.41, 5.74) is -0.769. The Morgan fingerprint density at radius 3 is 2.54 bits per heavy atom. The summed E-state index contributed by atoms with van der Waals surface area (Å²) in [4.78, 5) is 28.1. The molecule has 2 aromatic heterocycles. The number of pyridine rings is 1. The molecule has 150 valence electrons. The maximum absolute atomic E-state index is 14.4. The van der Waals surface area contributed by atoms with E-state index in [1.807, 2.05) is 0 Å². The van der Waals surface area contributed by atoms with E-state index in [9.17, 15) is 14.3 Å². The van der Waals surface area contributed by atoms with E-state index >= 15 is 0 Å². The summed E-state index contributed by atoms with van der Waals surface area (Å²) < 4.78 is 14.4. The Kier molecular flexibility index (Phi) is 4.84. The molecule has 2 fully saturated rings. The number of carboxylic acids is 1. The van der Waals surface area contributed by atoms with Crippen LogP contribution in [0.1, 0.15) is 26.7 Å². The molecule has 2 aliphatic rings. The van der Waals surface area contributed by atoms with Crippen LogP contribution in [-0.4, -0.2) is 62.6 Å². The monoisotopic (exact) mass is 427 g/mol. The highest BCUT2D eigenvalue weighted by molar-refractivity contribution is 6.30. The SMILES string of the molecule is CC(C)(CN1[C@@H]2CC[C@H]1CN(c1nc(Cl)nc3c(F)c(Cl)ncc13)C2)C(=O)O. The first kappa shape index (κ1) is 19.5. The van der Waals surface area contributed by atoms with Gasteiger partial charge in [0.1, 0.15) is 11.3 Å². The third-order valence-corrected chi connectivity index (χ3v) is 6.12. The van der Waals surface area contributed by atoms with Gasteiger partial charge in [-0.05, 0) is 38.3 Å². The van der Waals surface area contributed by atoms with Crippen molar-refractivity contribution in [2.75, 3.05) is 24.5 Å². The van der Waals surface area contributed by atoms with Crippen LogP contribution < -0.4 is 4.90 Å². The normalized spacial score (nSPS) is 22.8. The van der Waals surface area contributed by atoms with E-state index in [1.54, 1.807) is 13.8 Å². The molecule has 1 N–H and O–H groups in total. The quantitative estimate of drug-likeness (QED) is 0.592. The Morgan fingerprint density at radius 2 is 1.93 bits per heavy atom. The number of hydrogen-bond acceptors (Lipinski definition) is 6. The van der Waals surface area contributed by atoms with Crippen molar-refractivity contribution in [3.8, 4) is 0 Å². The van der Waals surface area contributed by atoms with Crippen LogP contribution in [0, 0.1) is 11.2 Å². The smallest absolute Gasteiger partial charge is 0.310 e. The van der Waals surface area contributed by atoms with Crippen LogP contribution in [0.4, 0.5) is 10.2 Å². The zero-order valence-electron chi connectivity index (χ0n) is 15.5. The molecule has 10 heteroatoms. The van der Waals surface area contributed by atoms with E-state index < -0.39 is 17.2 Å². The summed E-state index contributed by atoms with van der Waals surface area (Å²) in [5.74, 6) is -0.983. The topological polar surface area (TPSA) is 82.5 Å². The summed E-state index contributed by atoms with van der Waals surface area (Å²) in [6.45, 7) is 5.29. The van der Waals surface area contributed by atoms with E-state index in [2.05, 4.69) is 24.8 Å². The number of halogens is 3. The van der Waals surface area contributed by atoms with Gasteiger partial charge in [-0.15, -0.1) is 0 Å². The first-order chi connectivity index (χ1) is 13.2. The minimum Gasteiger partial charge on any atom is -0.481 e. The van der Waals surface area contributed by atoms with Crippen molar-refractivity contribution in [1.29, 1.82) is 0 Å². The molecule has 2 saturated heterocycles. The number of rotatable bonds is 4. The largest absolute Gasteiger partial charge is 0.481 e. The molecule has 28 heavy (non-hydrogen) atoms. The van der Waals surface area contributed by atoms with Crippen molar-refractivity contribution in [1.82, 2.24) is 19.9 Å². The highest BCUT2D eigenvalue weighted by Gasteiger charge is 2.44. The molecule has 0 saturated carbocycles. The number of anilines is 1. The lowest BCUT2D eigenvalue weighted by molar-refractivity contribution is -0.148. The van der Waals surface area contributed by atoms with Gasteiger partial charge >= 0.3 is 5.97 Å². The average Bonchev–Trinajstić information content (AvgIpc) is 2.86. The standard InChI is InChI=1S/C18H20Cl2FN5O2/c1-18(2,16(27)28)8-26-9-3-4-10(26)7-25(6-9)15-11-5-22-14(19)12(21)13(11)23-17(20)24-15/h5,9-10H,3-4,6-8H2,1-2H3,(H,27,28)/t9-,10+. The second-order valence-corrected chi connectivity index (χ2v) is 8.79. The van der Waals surface area contributed by atoms with Gasteiger partial charge in [0, 0.05) is 37.9 Å². The summed E-state index contributed by atoms with van der Waals surface area (Å²) in [5, 5.41) is 9.63. The minimum absolute atomic E-state index is 0.0505. The molecular formula is C18H20Cl2FN5O2. The summed E-state index contributed by atoms with van der Waals surface area (Å²) in [6.07, 6.45) is 3.42. The van der Waals surface area contributed by atoms with Crippen molar-refractivity contribution in [2.45, 2.75) is 38.8 Å². The van der Waals surface area contributed by atoms with Gasteiger partial charge in [-0.2, -0.15) is 4.98 Å². The first-order valence-corrected chi connectivity index (χ1v) is 9.84. The van der Waals surface area contributed by atoms with Gasteiger partial charge in [0.2, 0.25) is 5.28 Å². The van der Waals surface area contributed by atoms with Gasteiger partial charge in [-0.1, -0.05) is 11.6 Å². The lowest BCUT2D eigenvalue weighted by atomic mass is 9.92. The minimum atomic E-state index is -0.822. The van der Waals surface area contributed by atoms with Crippen LogP contribution in [0.25, 0.3) is 10.9 Å². The van der Waals surface area contributed by atoms with Crippen LogP contribution in [-0.2, 0) is 4.79 Å². The molecule has 4 rings (SSSR count). The molecule has 7 nitrogen and oxygen atoms in total. The molecule has 2 aliphatic heterocycles. The zero-order valence-corrected chi connectivity index (χ0v) is 17.0. The Hall–Kier alpha value is -1.77. The van der Waals surface area contributed by atoms with Crippen molar-refractivity contribution in [3.63, 3.8) is 0 Å². The summed E-state index contributed by atoms with van der Waals surface area (Å²) >= 11 is 11.8. The fourth-order valence-corrected chi connectivity index (χ4v) is 4.48. The maximum Gasteiger partial charge on any atom is 0.310 e. The Labute approximate surface area is 171 Å². The van der Waals surface area contributed by atoms with Crippen molar-refractivity contribution < 1.29 is 14.3 Å². The molecule has 2 atom stereocenters. The van der Waals surface area contributed by atoms with Gasteiger partial charge in [0.05, 0.1) is 10.8 Å². The predicted octanol–water partition coefficient (Wildman–Crippen LogP) is 3.23. The molecule has 2 aromatic rings. The van der Waals surface area contributed by atoms with Gasteiger partial charge in [-0.3, -0.25) is 9.69 Å². The van der Waals surface area contributed by atoms with E-state index in [0.29, 0.717) is 30.8 Å². The first-order valence-electron chi connectivity index (χ1n) is 9.08. The Balaban J connectivity index is 1.65. The lowest BCUT2D eigenvalue weighted by Crippen LogP contribution is -2.57. The van der Waals surface area contributed by atoms with Gasteiger partial charge < -0.3 is 10.0 Å². The van der Waals surface area contributed by atoms with Crippen LogP contribution in [0.3, 0.4) is 0 Å². The number of carbonyl (C=O) groups is 1. The Bertz CT molecular complexity index is 943. The highest BCUT2D eigenvalue weighted by Crippen LogP contribution is 2.37. The number of aliphatic carboxylic acids is 1. The molecule has 2 bridgehead atoms. The predicted molar refractivity (Wildman–Crippen MR) is 104 cm³/mol. The third-order valence-electron chi connectivity index (χ3n) is 5.68. The van der Waals surface area contributed by atoms with Crippen molar-refractivity contribution in [2.24, 2.45) is 5.41 Å². The third kappa shape index (κ3) is 3.27. The van der Waals surface area contributed by atoms with E-state index in [4.69, 9.17) is 23.2 Å². The molecule has 0 aliphatic carbocycles. The van der Waals surface area contributed by atoms with Crippen LogP contribution >= 0.6 is 23.2 Å². The lowest BCUT2D eigenvalue weighted by Gasteiger charge is -2.44. The van der Waals surface area contributed by atoms with Gasteiger partial charge in [0.15, 0.2) is 11.0 Å². The highest BCUT2D eigenvalue weighted by atomic mass is 35.5. The van der Waals surface area contributed by atoms with E-state index in [0.717, 1.165) is 12.8 Å². The van der Waals surface area contributed by atoms with Crippen LogP contribution in [0.15, 0.2) is 6.20 Å². The van der Waals surface area contributed by atoms with E-state index in [-0.39, 0.29) is 28.0 Å². The van der Waals surface area contributed by atoms with Gasteiger partial charge in [0.25, 0.3) is 0 Å². The zero-order chi connectivity index (χ0) is 20.2. The number of fused-ring (bicyclic) bond motifs is 3. The number of nitrogens with zero attached hydrogens (tertiary/aromatic N) is 5. The molecule has 0 aromatic carbocycles. The average molecular weight is 428 g/mol. The summed E-state index contributed by atoms with van der Waals surface area (Å²) in [6, 6.07) is 0.401. The number of hydrogen-bond donors (Lipinski definition) is 1. The molecule has 0 spiro atoms. The van der Waals surface area contributed by atoms with Gasteiger partial charge in [-0.25, -0.2) is 14.4 Å². The number of aromatic nitrogens is 3. The van der Waals surface area contributed by atoms with Crippen LogP contribution in [0.2, 0.25) is 10.4 Å². The number of carboxylic acid groups (broad SMARTS) is 1. The molecular weight excluding hydrogens is 408 g/mol. The Morgan fingerprint density at radius 1 is 1.29 bits per heavy atom. The fraction of sp³-hybridized carbons (Fsp3) is 0.556. The van der Waals surface area contributed by atoms with E-state index in [1.165, 1.54) is 6.20 Å². The maximum atomic E-state index is 14.4. The molecule has 0 radical (unpaired) electrons. The molecule has 0 amide bonds. The van der Waals surface area contributed by atoms with Crippen molar-refractivity contribution >= 4 is 45.9 Å².